The van der Waals surface area contributed by atoms with E-state index in [1.54, 1.807) is 0 Å². The van der Waals surface area contributed by atoms with Crippen LogP contribution in [0, 0.1) is 11.8 Å². The fourth-order valence-electron chi connectivity index (χ4n) is 1.25. The van der Waals surface area contributed by atoms with E-state index in [1.165, 1.54) is 5.75 Å². The SMILES string of the molecule is CCSCC(C)NCC#Cc1ccccc1. The number of thioether (sulfide) groups is 1. The van der Waals surface area contributed by atoms with Gasteiger partial charge in [-0.25, -0.2) is 0 Å². The Morgan fingerprint density at radius 3 is 2.75 bits per heavy atom. The Morgan fingerprint density at radius 1 is 1.31 bits per heavy atom. The number of hydrogen-bond acceptors (Lipinski definition) is 2. The summed E-state index contributed by atoms with van der Waals surface area (Å²) in [4.78, 5) is 0. The lowest BCUT2D eigenvalue weighted by molar-refractivity contribution is 0.647. The molecule has 0 saturated carbocycles. The second-order valence-corrected chi connectivity index (χ2v) is 4.93. The van der Waals surface area contributed by atoms with Gasteiger partial charge in [0, 0.05) is 17.4 Å². The van der Waals surface area contributed by atoms with Gasteiger partial charge in [0.05, 0.1) is 6.54 Å². The lowest BCUT2D eigenvalue weighted by Crippen LogP contribution is -2.28. The first-order valence-corrected chi connectivity index (χ1v) is 6.83. The van der Waals surface area contributed by atoms with Crippen LogP contribution in [0.25, 0.3) is 0 Å². The Kier molecular flexibility index (Phi) is 6.80. The highest BCUT2D eigenvalue weighted by Gasteiger charge is 1.97. The molecule has 0 radical (unpaired) electrons. The van der Waals surface area contributed by atoms with Crippen LogP contribution in [0.2, 0.25) is 0 Å². The van der Waals surface area contributed by atoms with E-state index in [9.17, 15) is 0 Å². The fourth-order valence-corrected chi connectivity index (χ4v) is 1.95. The van der Waals surface area contributed by atoms with Gasteiger partial charge < -0.3 is 5.32 Å². The van der Waals surface area contributed by atoms with Gasteiger partial charge >= 0.3 is 0 Å². The smallest absolute Gasteiger partial charge is 0.0582 e. The normalized spacial score (nSPS) is 11.6. The third-order valence-electron chi connectivity index (χ3n) is 2.12. The Hall–Kier alpha value is -0.910. The summed E-state index contributed by atoms with van der Waals surface area (Å²) in [7, 11) is 0. The Morgan fingerprint density at radius 2 is 2.06 bits per heavy atom. The summed E-state index contributed by atoms with van der Waals surface area (Å²) in [6.45, 7) is 5.15. The van der Waals surface area contributed by atoms with Gasteiger partial charge in [-0.05, 0) is 24.8 Å². The van der Waals surface area contributed by atoms with E-state index >= 15 is 0 Å². The zero-order chi connectivity index (χ0) is 11.6. The van der Waals surface area contributed by atoms with Crippen LogP contribution < -0.4 is 5.32 Å². The Balaban J connectivity index is 2.23. The van der Waals surface area contributed by atoms with Gasteiger partial charge in [-0.2, -0.15) is 11.8 Å². The van der Waals surface area contributed by atoms with Crippen molar-refractivity contribution in [3.63, 3.8) is 0 Å². The van der Waals surface area contributed by atoms with Crippen molar-refractivity contribution in [3.8, 4) is 11.8 Å². The molecule has 2 heteroatoms. The lowest BCUT2D eigenvalue weighted by Gasteiger charge is -2.09. The molecule has 86 valence electrons. The zero-order valence-corrected chi connectivity index (χ0v) is 10.8. The molecule has 1 unspecified atom stereocenters. The molecule has 0 spiro atoms. The molecule has 1 N–H and O–H groups in total. The van der Waals surface area contributed by atoms with Gasteiger partial charge in [-0.3, -0.25) is 0 Å². The van der Waals surface area contributed by atoms with E-state index in [4.69, 9.17) is 0 Å². The van der Waals surface area contributed by atoms with Crippen LogP contribution in [0.5, 0.6) is 0 Å². The minimum atomic E-state index is 0.537. The molecule has 0 saturated heterocycles. The number of benzene rings is 1. The molecule has 0 bridgehead atoms. The van der Waals surface area contributed by atoms with Crippen molar-refractivity contribution in [1.29, 1.82) is 0 Å². The van der Waals surface area contributed by atoms with E-state index in [-0.39, 0.29) is 0 Å². The second kappa shape index (κ2) is 8.27. The summed E-state index contributed by atoms with van der Waals surface area (Å²) in [5.41, 5.74) is 1.08. The highest BCUT2D eigenvalue weighted by atomic mass is 32.2. The maximum Gasteiger partial charge on any atom is 0.0582 e. The molecule has 0 heterocycles. The third kappa shape index (κ3) is 5.85. The number of nitrogens with one attached hydrogen (secondary N) is 1. The Bertz CT molecular complexity index is 337. The standard InChI is InChI=1S/C14H19NS/c1-3-16-12-13(2)15-11-7-10-14-8-5-4-6-9-14/h4-6,8-9,13,15H,3,11-12H2,1-2H3. The Labute approximate surface area is 103 Å². The van der Waals surface area contributed by atoms with E-state index in [2.05, 4.69) is 31.0 Å². The number of rotatable bonds is 5. The van der Waals surface area contributed by atoms with Gasteiger partial charge in [0.1, 0.15) is 0 Å². The molecular weight excluding hydrogens is 214 g/mol. The van der Waals surface area contributed by atoms with Crippen molar-refractivity contribution < 1.29 is 0 Å². The number of hydrogen-bond donors (Lipinski definition) is 1. The van der Waals surface area contributed by atoms with Crippen LogP contribution in [0.3, 0.4) is 0 Å². The summed E-state index contributed by atoms with van der Waals surface area (Å²) in [6.07, 6.45) is 0. The third-order valence-corrected chi connectivity index (χ3v) is 3.26. The van der Waals surface area contributed by atoms with Gasteiger partial charge in [0.25, 0.3) is 0 Å². The molecule has 1 nitrogen and oxygen atoms in total. The van der Waals surface area contributed by atoms with Crippen LogP contribution >= 0.6 is 11.8 Å². The van der Waals surface area contributed by atoms with Gasteiger partial charge in [0.15, 0.2) is 0 Å². The molecule has 1 atom stereocenters. The van der Waals surface area contributed by atoms with E-state index in [0.717, 1.165) is 17.9 Å². The van der Waals surface area contributed by atoms with Crippen molar-refractivity contribution in [2.45, 2.75) is 19.9 Å². The van der Waals surface area contributed by atoms with Crippen molar-refractivity contribution in [2.75, 3.05) is 18.1 Å². The first kappa shape index (κ1) is 13.2. The summed E-state index contributed by atoms with van der Waals surface area (Å²) in [6, 6.07) is 10.6. The lowest BCUT2D eigenvalue weighted by atomic mass is 10.2. The average Bonchev–Trinajstić information content (AvgIpc) is 2.33. The van der Waals surface area contributed by atoms with E-state index < -0.39 is 0 Å². The van der Waals surface area contributed by atoms with Crippen LogP contribution in [0.1, 0.15) is 19.4 Å². The monoisotopic (exact) mass is 233 g/mol. The molecule has 1 aromatic carbocycles. The average molecular weight is 233 g/mol. The fraction of sp³-hybridized carbons (Fsp3) is 0.429. The van der Waals surface area contributed by atoms with E-state index in [0.29, 0.717) is 6.04 Å². The highest BCUT2D eigenvalue weighted by molar-refractivity contribution is 7.99. The molecular formula is C14H19NS. The van der Waals surface area contributed by atoms with Crippen LogP contribution in [-0.4, -0.2) is 24.1 Å². The summed E-state index contributed by atoms with van der Waals surface area (Å²) >= 11 is 1.96. The summed E-state index contributed by atoms with van der Waals surface area (Å²) in [5, 5.41) is 3.39. The minimum Gasteiger partial charge on any atom is -0.303 e. The molecule has 0 aliphatic carbocycles. The minimum absolute atomic E-state index is 0.537. The summed E-state index contributed by atoms with van der Waals surface area (Å²) in [5.74, 6) is 8.61. The quantitative estimate of drug-likeness (QED) is 0.785. The van der Waals surface area contributed by atoms with Gasteiger partial charge in [-0.15, -0.1) is 0 Å². The van der Waals surface area contributed by atoms with Crippen molar-refractivity contribution >= 4 is 11.8 Å². The van der Waals surface area contributed by atoms with Crippen LogP contribution in [0.4, 0.5) is 0 Å². The summed E-state index contributed by atoms with van der Waals surface area (Å²) < 4.78 is 0. The van der Waals surface area contributed by atoms with Crippen LogP contribution in [0.15, 0.2) is 30.3 Å². The van der Waals surface area contributed by atoms with Gasteiger partial charge in [-0.1, -0.05) is 37.0 Å². The van der Waals surface area contributed by atoms with Crippen molar-refractivity contribution in [2.24, 2.45) is 0 Å². The van der Waals surface area contributed by atoms with E-state index in [1.807, 2.05) is 42.1 Å². The molecule has 0 fully saturated rings. The molecule has 0 aliphatic heterocycles. The van der Waals surface area contributed by atoms with Crippen molar-refractivity contribution in [1.82, 2.24) is 5.32 Å². The maximum absolute atomic E-state index is 3.39. The van der Waals surface area contributed by atoms with Gasteiger partial charge in [0.2, 0.25) is 0 Å². The predicted octanol–water partition coefficient (Wildman–Crippen LogP) is 2.77. The molecule has 16 heavy (non-hydrogen) atoms. The molecule has 0 aromatic heterocycles. The first-order chi connectivity index (χ1) is 7.83. The largest absolute Gasteiger partial charge is 0.303 e. The zero-order valence-electron chi connectivity index (χ0n) is 9.99. The second-order valence-electron chi connectivity index (χ2n) is 3.61. The maximum atomic E-state index is 3.39. The highest BCUT2D eigenvalue weighted by Crippen LogP contribution is 2.00. The molecule has 1 rings (SSSR count). The molecule has 0 aliphatic rings. The molecule has 0 amide bonds. The molecule has 1 aromatic rings. The first-order valence-electron chi connectivity index (χ1n) is 5.68. The predicted molar refractivity (Wildman–Crippen MR) is 73.8 cm³/mol. The van der Waals surface area contributed by atoms with Crippen LogP contribution in [-0.2, 0) is 0 Å². The topological polar surface area (TPSA) is 12.0 Å². The van der Waals surface area contributed by atoms with Crippen molar-refractivity contribution in [3.05, 3.63) is 35.9 Å².